The molecule has 1 heterocycles. The van der Waals surface area contributed by atoms with Crippen LogP contribution in [0, 0.1) is 0 Å². The third kappa shape index (κ3) is 2.13. The van der Waals surface area contributed by atoms with E-state index in [9.17, 15) is 15.3 Å². The van der Waals surface area contributed by atoms with Crippen molar-refractivity contribution in [3.05, 3.63) is 12.7 Å². The van der Waals surface area contributed by atoms with E-state index in [1.807, 2.05) is 0 Å². The van der Waals surface area contributed by atoms with Crippen LogP contribution in [0.25, 0.3) is 0 Å². The van der Waals surface area contributed by atoms with E-state index < -0.39 is 37.1 Å². The zero-order valence-corrected chi connectivity index (χ0v) is 7.78. The van der Waals surface area contributed by atoms with Gasteiger partial charge in [0.05, 0.1) is 12.7 Å². The summed E-state index contributed by atoms with van der Waals surface area (Å²) in [7, 11) is 0. The van der Waals surface area contributed by atoms with Gasteiger partial charge in [-0.2, -0.15) is 0 Å². The number of rotatable bonds is 3. The van der Waals surface area contributed by atoms with Gasteiger partial charge in [0, 0.05) is 0 Å². The first-order valence-corrected chi connectivity index (χ1v) is 4.53. The maximum absolute atomic E-state index is 9.49. The van der Waals surface area contributed by atoms with Gasteiger partial charge in [0.15, 0.2) is 0 Å². The lowest BCUT2D eigenvalue weighted by Gasteiger charge is -2.39. The molecule has 5 atom stereocenters. The molecule has 0 radical (unpaired) electrons. The molecule has 1 saturated heterocycles. The van der Waals surface area contributed by atoms with Crippen molar-refractivity contribution >= 4 is 0 Å². The summed E-state index contributed by atoms with van der Waals surface area (Å²) in [5.74, 6) is 0. The van der Waals surface area contributed by atoms with Gasteiger partial charge in [0.25, 0.3) is 0 Å². The molecule has 5 heteroatoms. The standard InChI is InChI=1S/C9H16O5/c1-2-3-5-7(11)9(13)8(12)6(4-10)14-5/h2,5-13H,1,3-4H2/t5-,6?,7?,8-,9+/m0/s1. The summed E-state index contributed by atoms with van der Waals surface area (Å²) in [5, 5.41) is 37.1. The van der Waals surface area contributed by atoms with Crippen LogP contribution in [0.15, 0.2) is 12.7 Å². The van der Waals surface area contributed by atoms with E-state index >= 15 is 0 Å². The van der Waals surface area contributed by atoms with Crippen LogP contribution in [0.3, 0.4) is 0 Å². The van der Waals surface area contributed by atoms with Gasteiger partial charge in [-0.3, -0.25) is 0 Å². The molecular formula is C9H16O5. The van der Waals surface area contributed by atoms with E-state index in [2.05, 4.69) is 6.58 Å². The highest BCUT2D eigenvalue weighted by atomic mass is 16.5. The summed E-state index contributed by atoms with van der Waals surface area (Å²) in [4.78, 5) is 0. The van der Waals surface area contributed by atoms with Crippen molar-refractivity contribution in [3.63, 3.8) is 0 Å². The van der Waals surface area contributed by atoms with E-state index in [-0.39, 0.29) is 0 Å². The van der Waals surface area contributed by atoms with Crippen LogP contribution in [-0.4, -0.2) is 57.6 Å². The summed E-state index contributed by atoms with van der Waals surface area (Å²) < 4.78 is 5.19. The van der Waals surface area contributed by atoms with Crippen LogP contribution in [0.2, 0.25) is 0 Å². The molecule has 0 aromatic rings. The quantitative estimate of drug-likeness (QED) is 0.416. The fourth-order valence-electron chi connectivity index (χ4n) is 1.54. The van der Waals surface area contributed by atoms with Gasteiger partial charge in [0.1, 0.15) is 24.4 Å². The summed E-state index contributed by atoms with van der Waals surface area (Å²) in [6.07, 6.45) is -3.25. The number of hydrogen-bond acceptors (Lipinski definition) is 5. The van der Waals surface area contributed by atoms with Gasteiger partial charge in [0.2, 0.25) is 0 Å². The Morgan fingerprint density at radius 2 is 1.64 bits per heavy atom. The van der Waals surface area contributed by atoms with Crippen molar-refractivity contribution < 1.29 is 25.2 Å². The molecule has 2 unspecified atom stereocenters. The number of ether oxygens (including phenoxy) is 1. The molecule has 1 rings (SSSR count). The molecule has 1 aliphatic rings. The minimum absolute atomic E-state index is 0.363. The van der Waals surface area contributed by atoms with Gasteiger partial charge >= 0.3 is 0 Å². The maximum Gasteiger partial charge on any atom is 0.111 e. The third-order valence-electron chi connectivity index (χ3n) is 2.39. The molecule has 1 fully saturated rings. The van der Waals surface area contributed by atoms with Crippen LogP contribution >= 0.6 is 0 Å². The first-order valence-electron chi connectivity index (χ1n) is 4.53. The van der Waals surface area contributed by atoms with E-state index in [4.69, 9.17) is 9.84 Å². The Kier molecular flexibility index (Phi) is 4.03. The van der Waals surface area contributed by atoms with E-state index in [0.29, 0.717) is 6.42 Å². The fourth-order valence-corrected chi connectivity index (χ4v) is 1.54. The second-order valence-corrected chi connectivity index (χ2v) is 3.39. The first-order chi connectivity index (χ1) is 6.61. The third-order valence-corrected chi connectivity index (χ3v) is 2.39. The second-order valence-electron chi connectivity index (χ2n) is 3.39. The second kappa shape index (κ2) is 4.86. The normalized spacial score (nSPS) is 43.6. The largest absolute Gasteiger partial charge is 0.394 e. The van der Waals surface area contributed by atoms with Crippen LogP contribution in [0.4, 0.5) is 0 Å². The minimum atomic E-state index is -1.29. The van der Waals surface area contributed by atoms with Crippen LogP contribution in [0.1, 0.15) is 6.42 Å². The van der Waals surface area contributed by atoms with E-state index in [1.165, 1.54) is 0 Å². The van der Waals surface area contributed by atoms with Crippen LogP contribution in [-0.2, 0) is 4.74 Å². The Morgan fingerprint density at radius 3 is 2.14 bits per heavy atom. The average Bonchev–Trinajstić information content (AvgIpc) is 2.19. The minimum Gasteiger partial charge on any atom is -0.394 e. The lowest BCUT2D eigenvalue weighted by atomic mass is 9.94. The average molecular weight is 204 g/mol. The number of aliphatic hydroxyl groups is 4. The SMILES string of the molecule is C=CC[C@@H]1OC(CO)[C@H](O)[C@H](O)C1O. The molecule has 0 amide bonds. The molecule has 82 valence electrons. The molecule has 0 aliphatic carbocycles. The monoisotopic (exact) mass is 204 g/mol. The molecular weight excluding hydrogens is 188 g/mol. The van der Waals surface area contributed by atoms with Crippen molar-refractivity contribution in [3.8, 4) is 0 Å². The van der Waals surface area contributed by atoms with Crippen molar-refractivity contribution in [1.82, 2.24) is 0 Å². The maximum atomic E-state index is 9.49. The number of aliphatic hydroxyl groups excluding tert-OH is 4. The predicted octanol–water partition coefficient (Wildman–Crippen LogP) is -1.60. The molecule has 1 aliphatic heterocycles. The number of hydrogen-bond donors (Lipinski definition) is 4. The summed E-state index contributed by atoms with van der Waals surface area (Å²) >= 11 is 0. The van der Waals surface area contributed by atoms with Crippen molar-refractivity contribution in [2.24, 2.45) is 0 Å². The summed E-state index contributed by atoms with van der Waals surface area (Å²) in [5.41, 5.74) is 0. The Hall–Kier alpha value is -0.460. The highest BCUT2D eigenvalue weighted by molar-refractivity contribution is 4.94. The van der Waals surface area contributed by atoms with Gasteiger partial charge in [-0.25, -0.2) is 0 Å². The van der Waals surface area contributed by atoms with Crippen LogP contribution < -0.4 is 0 Å². The van der Waals surface area contributed by atoms with Crippen molar-refractivity contribution in [2.45, 2.75) is 36.9 Å². The van der Waals surface area contributed by atoms with Crippen LogP contribution in [0.5, 0.6) is 0 Å². The summed E-state index contributed by atoms with van der Waals surface area (Å²) in [6.45, 7) is 3.10. The van der Waals surface area contributed by atoms with Gasteiger partial charge in [-0.15, -0.1) is 6.58 Å². The van der Waals surface area contributed by atoms with E-state index in [1.54, 1.807) is 6.08 Å². The smallest absolute Gasteiger partial charge is 0.111 e. The van der Waals surface area contributed by atoms with Gasteiger partial charge in [-0.05, 0) is 6.42 Å². The molecule has 4 N–H and O–H groups in total. The first kappa shape index (κ1) is 11.6. The summed E-state index contributed by atoms with van der Waals surface area (Å²) in [6, 6.07) is 0. The molecule has 0 aromatic heterocycles. The highest BCUT2D eigenvalue weighted by Gasteiger charge is 2.42. The Balaban J connectivity index is 2.67. The fraction of sp³-hybridized carbons (Fsp3) is 0.778. The van der Waals surface area contributed by atoms with Gasteiger partial charge < -0.3 is 25.2 Å². The highest BCUT2D eigenvalue weighted by Crippen LogP contribution is 2.22. The lowest BCUT2D eigenvalue weighted by molar-refractivity contribution is -0.227. The molecule has 14 heavy (non-hydrogen) atoms. The topological polar surface area (TPSA) is 90.2 Å². The Bertz CT molecular complexity index is 194. The Morgan fingerprint density at radius 1 is 1.07 bits per heavy atom. The zero-order chi connectivity index (χ0) is 10.7. The van der Waals surface area contributed by atoms with Gasteiger partial charge in [-0.1, -0.05) is 6.08 Å². The zero-order valence-electron chi connectivity index (χ0n) is 7.78. The lowest BCUT2D eigenvalue weighted by Crippen LogP contribution is -2.58. The molecule has 0 bridgehead atoms. The molecule has 0 spiro atoms. The Labute approximate surface area is 82.3 Å². The van der Waals surface area contributed by atoms with E-state index in [0.717, 1.165) is 0 Å². The molecule has 0 aromatic carbocycles. The van der Waals surface area contributed by atoms with Crippen molar-refractivity contribution in [2.75, 3.05) is 6.61 Å². The predicted molar refractivity (Wildman–Crippen MR) is 48.6 cm³/mol. The molecule has 0 saturated carbocycles. The molecule has 5 nitrogen and oxygen atoms in total. The van der Waals surface area contributed by atoms with Crippen molar-refractivity contribution in [1.29, 1.82) is 0 Å².